The summed E-state index contributed by atoms with van der Waals surface area (Å²) in [6, 6.07) is 10.6. The predicted octanol–water partition coefficient (Wildman–Crippen LogP) is 4.12. The van der Waals surface area contributed by atoms with Gasteiger partial charge in [0.2, 0.25) is 0 Å². The van der Waals surface area contributed by atoms with E-state index >= 15 is 0 Å². The summed E-state index contributed by atoms with van der Waals surface area (Å²) >= 11 is 11.7. The van der Waals surface area contributed by atoms with Crippen LogP contribution in [0.2, 0.25) is 10.0 Å². The van der Waals surface area contributed by atoms with Gasteiger partial charge in [-0.15, -0.1) is 0 Å². The molecule has 2 rings (SSSR count). The van der Waals surface area contributed by atoms with Crippen molar-refractivity contribution < 1.29 is 4.79 Å². The van der Waals surface area contributed by atoms with Crippen molar-refractivity contribution in [1.29, 1.82) is 0 Å². The number of hydrogen-bond acceptors (Lipinski definition) is 2. The number of benzene rings is 1. The van der Waals surface area contributed by atoms with Crippen LogP contribution in [0, 0.1) is 6.92 Å². The first kappa shape index (κ1) is 13.1. The normalized spacial score (nSPS) is 10.4. The lowest BCUT2D eigenvalue weighted by atomic mass is 10.1. The topological polar surface area (TPSA) is 30.0 Å². The minimum atomic E-state index is -0.0305. The van der Waals surface area contributed by atoms with Gasteiger partial charge < -0.3 is 0 Å². The maximum Gasteiger partial charge on any atom is 0.185 e. The lowest BCUT2D eigenvalue weighted by molar-refractivity contribution is 0.0988. The van der Waals surface area contributed by atoms with Gasteiger partial charge in [-0.2, -0.15) is 0 Å². The largest absolute Gasteiger partial charge is 0.292 e. The number of pyridine rings is 1. The Bertz CT molecular complexity index is 596. The quantitative estimate of drug-likeness (QED) is 0.791. The molecule has 18 heavy (non-hydrogen) atoms. The number of aromatic nitrogens is 1. The van der Waals surface area contributed by atoms with Crippen LogP contribution < -0.4 is 0 Å². The molecule has 0 saturated carbocycles. The van der Waals surface area contributed by atoms with E-state index in [1.165, 1.54) is 0 Å². The number of hydrogen-bond donors (Lipinski definition) is 0. The van der Waals surface area contributed by atoms with Crippen molar-refractivity contribution in [3.63, 3.8) is 0 Å². The highest BCUT2D eigenvalue weighted by molar-refractivity contribution is 6.42. The van der Waals surface area contributed by atoms with Crippen molar-refractivity contribution in [2.45, 2.75) is 13.3 Å². The molecular weight excluding hydrogens is 269 g/mol. The monoisotopic (exact) mass is 279 g/mol. The van der Waals surface area contributed by atoms with E-state index in [-0.39, 0.29) is 12.2 Å². The van der Waals surface area contributed by atoms with Gasteiger partial charge in [0.15, 0.2) is 5.78 Å². The average molecular weight is 280 g/mol. The number of rotatable bonds is 3. The fourth-order valence-corrected chi connectivity index (χ4v) is 1.94. The molecule has 4 heteroatoms. The molecule has 0 aliphatic heterocycles. The Kier molecular flexibility index (Phi) is 4.00. The van der Waals surface area contributed by atoms with Crippen LogP contribution in [-0.4, -0.2) is 10.8 Å². The Balaban J connectivity index is 2.18. The van der Waals surface area contributed by atoms with E-state index in [1.807, 2.05) is 19.1 Å². The maximum atomic E-state index is 12.0. The van der Waals surface area contributed by atoms with E-state index in [0.717, 1.165) is 11.3 Å². The highest BCUT2D eigenvalue weighted by Crippen LogP contribution is 2.23. The van der Waals surface area contributed by atoms with Crippen LogP contribution >= 0.6 is 23.2 Å². The number of aryl methyl sites for hydroxylation is 1. The van der Waals surface area contributed by atoms with Gasteiger partial charge >= 0.3 is 0 Å². The fraction of sp³-hybridized carbons (Fsp3) is 0.143. The number of nitrogens with zero attached hydrogens (tertiary/aromatic N) is 1. The molecule has 0 aliphatic carbocycles. The summed E-state index contributed by atoms with van der Waals surface area (Å²) < 4.78 is 0. The standard InChI is InChI=1S/C14H11Cl2NO/c1-9-3-2-4-13(17-9)14(18)8-10-5-6-11(15)12(16)7-10/h2-7H,8H2,1H3. The zero-order valence-electron chi connectivity index (χ0n) is 9.78. The van der Waals surface area contributed by atoms with Crippen molar-refractivity contribution in [2.24, 2.45) is 0 Å². The number of halogens is 2. The summed E-state index contributed by atoms with van der Waals surface area (Å²) in [5.74, 6) is -0.0305. The molecule has 0 bridgehead atoms. The highest BCUT2D eigenvalue weighted by Gasteiger charge is 2.09. The first-order valence-corrected chi connectivity index (χ1v) is 6.22. The molecule has 0 aliphatic rings. The fourth-order valence-electron chi connectivity index (χ4n) is 1.62. The molecule has 0 unspecified atom stereocenters. The highest BCUT2D eigenvalue weighted by atomic mass is 35.5. The molecule has 1 aromatic carbocycles. The summed E-state index contributed by atoms with van der Waals surface area (Å²) in [7, 11) is 0. The third kappa shape index (κ3) is 3.09. The third-order valence-corrected chi connectivity index (χ3v) is 3.26. The second-order valence-corrected chi connectivity index (χ2v) is 4.83. The molecule has 0 fully saturated rings. The zero-order valence-corrected chi connectivity index (χ0v) is 11.3. The Morgan fingerprint density at radius 3 is 2.61 bits per heavy atom. The van der Waals surface area contributed by atoms with Gasteiger partial charge in [-0.1, -0.05) is 35.3 Å². The van der Waals surface area contributed by atoms with Gasteiger partial charge in [0.1, 0.15) is 5.69 Å². The Morgan fingerprint density at radius 1 is 1.17 bits per heavy atom. The molecule has 2 aromatic rings. The van der Waals surface area contributed by atoms with Gasteiger partial charge in [-0.05, 0) is 36.8 Å². The summed E-state index contributed by atoms with van der Waals surface area (Å²) in [6.45, 7) is 1.86. The lowest BCUT2D eigenvalue weighted by Crippen LogP contribution is -2.06. The minimum absolute atomic E-state index is 0.0305. The second-order valence-electron chi connectivity index (χ2n) is 4.01. The summed E-state index contributed by atoms with van der Waals surface area (Å²) in [5, 5.41) is 0.945. The molecule has 92 valence electrons. The van der Waals surface area contributed by atoms with Crippen LogP contribution in [0.3, 0.4) is 0 Å². The minimum Gasteiger partial charge on any atom is -0.292 e. The Morgan fingerprint density at radius 2 is 1.94 bits per heavy atom. The van der Waals surface area contributed by atoms with Crippen LogP contribution in [0.5, 0.6) is 0 Å². The van der Waals surface area contributed by atoms with Crippen molar-refractivity contribution in [3.8, 4) is 0 Å². The van der Waals surface area contributed by atoms with Gasteiger partial charge in [0.05, 0.1) is 10.0 Å². The summed E-state index contributed by atoms with van der Waals surface area (Å²) in [6.07, 6.45) is 0.271. The third-order valence-electron chi connectivity index (χ3n) is 2.52. The number of ketones is 1. The van der Waals surface area contributed by atoms with Crippen LogP contribution in [0.4, 0.5) is 0 Å². The average Bonchev–Trinajstić information content (AvgIpc) is 2.34. The Labute approximate surface area is 116 Å². The van der Waals surface area contributed by atoms with Crippen molar-refractivity contribution in [1.82, 2.24) is 4.98 Å². The van der Waals surface area contributed by atoms with E-state index < -0.39 is 0 Å². The van der Waals surface area contributed by atoms with Crippen LogP contribution in [0.1, 0.15) is 21.7 Å². The van der Waals surface area contributed by atoms with E-state index in [1.54, 1.807) is 24.3 Å². The Hall–Kier alpha value is -1.38. The molecule has 2 nitrogen and oxygen atoms in total. The van der Waals surface area contributed by atoms with Crippen LogP contribution in [0.25, 0.3) is 0 Å². The zero-order chi connectivity index (χ0) is 13.1. The van der Waals surface area contributed by atoms with Crippen molar-refractivity contribution in [2.75, 3.05) is 0 Å². The van der Waals surface area contributed by atoms with Gasteiger partial charge in [0.25, 0.3) is 0 Å². The van der Waals surface area contributed by atoms with Crippen LogP contribution in [0.15, 0.2) is 36.4 Å². The van der Waals surface area contributed by atoms with Gasteiger partial charge in [-0.25, -0.2) is 0 Å². The molecular formula is C14H11Cl2NO. The molecule has 0 atom stereocenters. The molecule has 0 amide bonds. The van der Waals surface area contributed by atoms with E-state index in [4.69, 9.17) is 23.2 Å². The maximum absolute atomic E-state index is 12.0. The summed E-state index contributed by atoms with van der Waals surface area (Å²) in [5.41, 5.74) is 2.13. The number of carbonyl (C=O) groups excluding carboxylic acids is 1. The molecule has 1 heterocycles. The first-order chi connectivity index (χ1) is 8.56. The van der Waals surface area contributed by atoms with E-state index in [0.29, 0.717) is 15.7 Å². The molecule has 0 spiro atoms. The van der Waals surface area contributed by atoms with Crippen LogP contribution in [-0.2, 0) is 6.42 Å². The first-order valence-electron chi connectivity index (χ1n) is 5.47. The lowest BCUT2D eigenvalue weighted by Gasteiger charge is -2.03. The van der Waals surface area contributed by atoms with Crippen molar-refractivity contribution >= 4 is 29.0 Å². The molecule has 0 saturated heterocycles. The van der Waals surface area contributed by atoms with Gasteiger partial charge in [-0.3, -0.25) is 9.78 Å². The number of Topliss-reactive ketones (excluding diaryl/α,β-unsaturated/α-hetero) is 1. The van der Waals surface area contributed by atoms with E-state index in [2.05, 4.69) is 4.98 Å². The predicted molar refractivity (Wildman–Crippen MR) is 73.5 cm³/mol. The molecule has 1 aromatic heterocycles. The van der Waals surface area contributed by atoms with E-state index in [9.17, 15) is 4.79 Å². The number of carbonyl (C=O) groups is 1. The molecule has 0 N–H and O–H groups in total. The SMILES string of the molecule is Cc1cccc(C(=O)Cc2ccc(Cl)c(Cl)c2)n1. The van der Waals surface area contributed by atoms with Crippen molar-refractivity contribution in [3.05, 3.63) is 63.4 Å². The summed E-state index contributed by atoms with van der Waals surface area (Å²) in [4.78, 5) is 16.2. The smallest absolute Gasteiger partial charge is 0.185 e. The van der Waals surface area contributed by atoms with Gasteiger partial charge in [0, 0.05) is 12.1 Å². The second kappa shape index (κ2) is 5.51. The molecule has 0 radical (unpaired) electrons.